The van der Waals surface area contributed by atoms with Crippen molar-refractivity contribution in [3.63, 3.8) is 0 Å². The number of aromatic nitrogens is 3. The van der Waals surface area contributed by atoms with Gasteiger partial charge in [-0.2, -0.15) is 8.62 Å². The van der Waals surface area contributed by atoms with Crippen LogP contribution in [0.1, 0.15) is 11.9 Å². The largest absolute Gasteiger partial charge is 0.490 e. The summed E-state index contributed by atoms with van der Waals surface area (Å²) >= 11 is 0. The Morgan fingerprint density at radius 3 is 2.38 bits per heavy atom. The normalized spacial score (nSPS) is 24.7. The van der Waals surface area contributed by atoms with Gasteiger partial charge in [-0.15, -0.1) is 0 Å². The average Bonchev–Trinajstić information content (AvgIpc) is 3.33. The number of hydrogen-bond acceptors (Lipinski definition) is 13. The van der Waals surface area contributed by atoms with Crippen molar-refractivity contribution >= 4 is 34.4 Å². The third kappa shape index (κ3) is 6.89. The van der Waals surface area contributed by atoms with Crippen LogP contribution >= 0.6 is 23.5 Å². The number of rotatable bonds is 10. The third-order valence-electron chi connectivity index (χ3n) is 5.34. The molecular weight excluding hydrogens is 614 g/mol. The lowest BCUT2D eigenvalue weighted by molar-refractivity contribution is -0.0547. The quantitative estimate of drug-likeness (QED) is 0.151. The van der Waals surface area contributed by atoms with Crippen molar-refractivity contribution in [1.82, 2.24) is 14.3 Å². The molecule has 0 aliphatic carbocycles. The molecule has 3 unspecified atom stereocenters. The SMILES string of the molecule is O=c1ccn([C@@H]2O[C@H](COP(=O)(O)OP(=O)(O)OP(=O)(O)O)[C@H](O)C2O)c(=O)n1Cc1noc2ccc(F)cc12. The van der Waals surface area contributed by atoms with Crippen LogP contribution in [0, 0.1) is 5.82 Å². The van der Waals surface area contributed by atoms with Gasteiger partial charge in [0, 0.05) is 17.6 Å². The van der Waals surface area contributed by atoms with Crippen LogP contribution in [-0.2, 0) is 38.1 Å². The number of phosphoric ester groups is 1. The van der Waals surface area contributed by atoms with Crippen molar-refractivity contribution < 1.29 is 70.3 Å². The van der Waals surface area contributed by atoms with E-state index < -0.39 is 78.2 Å². The van der Waals surface area contributed by atoms with Crippen LogP contribution in [0.2, 0.25) is 0 Å². The minimum absolute atomic E-state index is 0.0215. The summed E-state index contributed by atoms with van der Waals surface area (Å²) in [5.41, 5.74) is -1.71. The van der Waals surface area contributed by atoms with Gasteiger partial charge >= 0.3 is 29.2 Å². The summed E-state index contributed by atoms with van der Waals surface area (Å²) in [6, 6.07) is 4.39. The molecule has 1 fully saturated rings. The molecule has 1 aromatic carbocycles. The second kappa shape index (κ2) is 11.1. The van der Waals surface area contributed by atoms with E-state index in [0.29, 0.717) is 9.13 Å². The summed E-state index contributed by atoms with van der Waals surface area (Å²) < 4.78 is 71.0. The number of benzene rings is 1. The van der Waals surface area contributed by atoms with E-state index in [9.17, 15) is 47.7 Å². The van der Waals surface area contributed by atoms with Crippen molar-refractivity contribution in [2.24, 2.45) is 0 Å². The molecule has 0 radical (unpaired) electrons. The van der Waals surface area contributed by atoms with Crippen LogP contribution < -0.4 is 11.2 Å². The zero-order valence-electron chi connectivity index (χ0n) is 19.4. The number of phosphoric acid groups is 3. The van der Waals surface area contributed by atoms with E-state index in [4.69, 9.17) is 19.0 Å². The van der Waals surface area contributed by atoms with Crippen molar-refractivity contribution in [2.45, 2.75) is 31.1 Å². The van der Waals surface area contributed by atoms with Crippen molar-refractivity contribution in [3.8, 4) is 0 Å². The number of nitrogens with zero attached hydrogens (tertiary/aromatic N) is 3. The van der Waals surface area contributed by atoms with E-state index in [1.54, 1.807) is 0 Å². The van der Waals surface area contributed by atoms with Gasteiger partial charge in [-0.3, -0.25) is 18.5 Å². The predicted molar refractivity (Wildman–Crippen MR) is 124 cm³/mol. The Kier molecular flexibility index (Phi) is 8.48. The van der Waals surface area contributed by atoms with Gasteiger partial charge in [0.15, 0.2) is 11.8 Å². The van der Waals surface area contributed by atoms with E-state index in [0.717, 1.165) is 24.4 Å². The standard InChI is InChI=1S/C17H19FN3O16P3/c18-8-1-2-11-9(5-8)10(19-35-11)6-21-13(22)3-4-20(17(21)25)16-15(24)14(23)12(34-16)7-33-39(29,30)37-40(31,32)36-38(26,27)28/h1-5,12,14-16,23-24H,6-7H2,(H,29,30)(H,31,32)(H2,26,27,28)/t12-,14+,15?,16-/m1/s1. The molecule has 0 spiro atoms. The maximum Gasteiger partial charge on any atom is 0.490 e. The second-order valence-corrected chi connectivity index (χ2v) is 12.6. The molecule has 40 heavy (non-hydrogen) atoms. The van der Waals surface area contributed by atoms with Gasteiger partial charge in [0.25, 0.3) is 5.56 Å². The number of aliphatic hydroxyl groups is 2. The van der Waals surface area contributed by atoms with Crippen LogP contribution in [0.4, 0.5) is 4.39 Å². The highest BCUT2D eigenvalue weighted by molar-refractivity contribution is 7.66. The molecule has 3 aromatic rings. The summed E-state index contributed by atoms with van der Waals surface area (Å²) in [6.07, 6.45) is -6.24. The first-order valence-electron chi connectivity index (χ1n) is 10.6. The third-order valence-corrected chi connectivity index (χ3v) is 9.14. The first-order valence-corrected chi connectivity index (χ1v) is 15.1. The Balaban J connectivity index is 1.51. The van der Waals surface area contributed by atoms with Crippen molar-refractivity contribution in [2.75, 3.05) is 6.61 Å². The van der Waals surface area contributed by atoms with Crippen LogP contribution in [0.15, 0.2) is 44.6 Å². The van der Waals surface area contributed by atoms with E-state index >= 15 is 0 Å². The summed E-state index contributed by atoms with van der Waals surface area (Å²) in [4.78, 5) is 61.4. The van der Waals surface area contributed by atoms with Crippen LogP contribution in [-0.4, -0.2) is 69.0 Å². The number of aliphatic hydroxyl groups excluding tert-OH is 2. The monoisotopic (exact) mass is 633 g/mol. The molecule has 4 rings (SSSR count). The van der Waals surface area contributed by atoms with Crippen LogP contribution in [0.3, 0.4) is 0 Å². The van der Waals surface area contributed by atoms with E-state index in [1.165, 1.54) is 6.07 Å². The molecule has 3 heterocycles. The maximum absolute atomic E-state index is 13.7. The van der Waals surface area contributed by atoms with Gasteiger partial charge in [-0.1, -0.05) is 5.16 Å². The summed E-state index contributed by atoms with van der Waals surface area (Å²) in [5, 5.41) is 24.6. The Morgan fingerprint density at radius 2 is 1.70 bits per heavy atom. The molecule has 1 aliphatic heterocycles. The molecule has 1 aliphatic rings. The highest BCUT2D eigenvalue weighted by atomic mass is 31.3. The Labute approximate surface area is 220 Å². The van der Waals surface area contributed by atoms with Gasteiger partial charge < -0.3 is 39.0 Å². The molecule has 220 valence electrons. The highest BCUT2D eigenvalue weighted by Gasteiger charge is 2.47. The summed E-state index contributed by atoms with van der Waals surface area (Å²) in [6.45, 7) is -1.61. The molecule has 23 heteroatoms. The molecule has 6 atom stereocenters. The number of hydrogen-bond donors (Lipinski definition) is 6. The average molecular weight is 633 g/mol. The van der Waals surface area contributed by atoms with E-state index in [2.05, 4.69) is 18.3 Å². The Hall–Kier alpha value is -2.41. The fourth-order valence-corrected chi connectivity index (χ4v) is 6.69. The van der Waals surface area contributed by atoms with E-state index in [1.807, 2.05) is 0 Å². The Bertz CT molecular complexity index is 1680. The Morgan fingerprint density at radius 1 is 1.00 bits per heavy atom. The molecule has 19 nitrogen and oxygen atoms in total. The van der Waals surface area contributed by atoms with Crippen molar-refractivity contribution in [1.29, 1.82) is 0 Å². The van der Waals surface area contributed by atoms with E-state index in [-0.39, 0.29) is 16.7 Å². The summed E-state index contributed by atoms with van der Waals surface area (Å²) in [5.74, 6) is -0.631. The van der Waals surface area contributed by atoms with Gasteiger partial charge in [0.1, 0.15) is 29.8 Å². The lowest BCUT2D eigenvalue weighted by atomic mass is 10.1. The molecule has 0 amide bonds. The minimum atomic E-state index is -5.81. The van der Waals surface area contributed by atoms with Gasteiger partial charge in [0.2, 0.25) is 0 Å². The number of fused-ring (bicyclic) bond motifs is 1. The molecule has 0 saturated carbocycles. The fraction of sp³-hybridized carbons (Fsp3) is 0.353. The first-order chi connectivity index (χ1) is 18.5. The zero-order chi connectivity index (χ0) is 29.6. The molecule has 6 N–H and O–H groups in total. The van der Waals surface area contributed by atoms with Gasteiger partial charge in [-0.05, 0) is 18.2 Å². The summed E-state index contributed by atoms with van der Waals surface area (Å²) in [7, 11) is -17.0. The topological polar surface area (TPSA) is 280 Å². The molecule has 0 bridgehead atoms. The van der Waals surface area contributed by atoms with Crippen LogP contribution in [0.25, 0.3) is 11.0 Å². The smallest absolute Gasteiger partial charge is 0.387 e. The molecule has 1 saturated heterocycles. The predicted octanol–water partition coefficient (Wildman–Crippen LogP) is -0.699. The number of halogens is 1. The van der Waals surface area contributed by atoms with Gasteiger partial charge in [0.05, 0.1) is 13.2 Å². The first kappa shape index (κ1) is 30.5. The van der Waals surface area contributed by atoms with Crippen LogP contribution in [0.5, 0.6) is 0 Å². The molecular formula is C17H19FN3O16P3. The second-order valence-electron chi connectivity index (χ2n) is 8.13. The van der Waals surface area contributed by atoms with Crippen molar-refractivity contribution in [3.05, 3.63) is 62.8 Å². The van der Waals surface area contributed by atoms with Gasteiger partial charge in [-0.25, -0.2) is 22.9 Å². The zero-order valence-corrected chi connectivity index (χ0v) is 22.1. The molecule has 2 aromatic heterocycles. The lowest BCUT2D eigenvalue weighted by Gasteiger charge is -2.19. The minimum Gasteiger partial charge on any atom is -0.387 e. The maximum atomic E-state index is 13.7. The fourth-order valence-electron chi connectivity index (χ4n) is 3.66. The lowest BCUT2D eigenvalue weighted by Crippen LogP contribution is -2.43. The highest BCUT2D eigenvalue weighted by Crippen LogP contribution is 2.66. The number of ether oxygens (including phenoxy) is 1.